The number of nitrogens with zero attached hydrogens (tertiary/aromatic N) is 1. The van der Waals surface area contributed by atoms with E-state index in [1.807, 2.05) is 28.8 Å². The van der Waals surface area contributed by atoms with E-state index in [1.54, 1.807) is 30.5 Å². The second-order valence-corrected chi connectivity index (χ2v) is 4.83. The summed E-state index contributed by atoms with van der Waals surface area (Å²) in [6.07, 6.45) is 1.73. The zero-order chi connectivity index (χ0) is 14.8. The molecule has 0 bridgehead atoms. The maximum absolute atomic E-state index is 11.8. The Labute approximate surface area is 120 Å². The van der Waals surface area contributed by atoms with Gasteiger partial charge in [0.15, 0.2) is 5.43 Å². The Bertz CT molecular complexity index is 880. The molecule has 2 aromatic carbocycles. The number of carbonyl (C=O) groups is 1. The fourth-order valence-corrected chi connectivity index (χ4v) is 2.40. The van der Waals surface area contributed by atoms with Crippen molar-refractivity contribution in [3.05, 3.63) is 82.1 Å². The summed E-state index contributed by atoms with van der Waals surface area (Å²) < 4.78 is 1.94. The number of para-hydroxylation sites is 1. The van der Waals surface area contributed by atoms with Crippen LogP contribution in [0.3, 0.4) is 0 Å². The van der Waals surface area contributed by atoms with Crippen LogP contribution in [0.15, 0.2) is 65.6 Å². The molecule has 21 heavy (non-hydrogen) atoms. The van der Waals surface area contributed by atoms with Gasteiger partial charge in [-0.05, 0) is 29.8 Å². The van der Waals surface area contributed by atoms with Crippen molar-refractivity contribution in [1.29, 1.82) is 0 Å². The third-order valence-corrected chi connectivity index (χ3v) is 3.41. The van der Waals surface area contributed by atoms with Crippen LogP contribution >= 0.6 is 0 Å². The maximum Gasteiger partial charge on any atom is 0.335 e. The third-order valence-electron chi connectivity index (χ3n) is 3.41. The first kappa shape index (κ1) is 13.1. The molecule has 104 valence electrons. The molecule has 0 spiro atoms. The average Bonchev–Trinajstić information content (AvgIpc) is 2.51. The molecule has 4 heteroatoms. The average molecular weight is 279 g/mol. The van der Waals surface area contributed by atoms with Crippen LogP contribution in [-0.2, 0) is 6.54 Å². The first-order valence-electron chi connectivity index (χ1n) is 6.55. The number of hydrogen-bond donors (Lipinski definition) is 1. The number of carboxylic acid groups (broad SMARTS) is 1. The molecule has 0 unspecified atom stereocenters. The van der Waals surface area contributed by atoms with Crippen molar-refractivity contribution in [2.24, 2.45) is 0 Å². The molecular weight excluding hydrogens is 266 g/mol. The van der Waals surface area contributed by atoms with Crippen LogP contribution in [0.4, 0.5) is 0 Å². The quantitative estimate of drug-likeness (QED) is 0.802. The van der Waals surface area contributed by atoms with Gasteiger partial charge in [0.2, 0.25) is 0 Å². The first-order chi connectivity index (χ1) is 10.1. The number of benzene rings is 2. The summed E-state index contributed by atoms with van der Waals surface area (Å²) in [5.74, 6) is -0.943. The molecule has 0 amide bonds. The summed E-state index contributed by atoms with van der Waals surface area (Å²) in [7, 11) is 0. The second-order valence-electron chi connectivity index (χ2n) is 4.83. The van der Waals surface area contributed by atoms with Crippen LogP contribution in [0.5, 0.6) is 0 Å². The molecule has 0 aliphatic rings. The Kier molecular flexibility index (Phi) is 3.28. The largest absolute Gasteiger partial charge is 0.478 e. The fourth-order valence-electron chi connectivity index (χ4n) is 2.40. The van der Waals surface area contributed by atoms with Gasteiger partial charge >= 0.3 is 5.97 Å². The smallest absolute Gasteiger partial charge is 0.335 e. The third kappa shape index (κ3) is 2.56. The lowest BCUT2D eigenvalue weighted by Gasteiger charge is -2.11. The number of rotatable bonds is 3. The lowest BCUT2D eigenvalue weighted by molar-refractivity contribution is 0.0696. The first-order valence-corrected chi connectivity index (χ1v) is 6.55. The Morgan fingerprint density at radius 3 is 2.67 bits per heavy atom. The van der Waals surface area contributed by atoms with Gasteiger partial charge in [-0.15, -0.1) is 0 Å². The van der Waals surface area contributed by atoms with Crippen molar-refractivity contribution < 1.29 is 9.90 Å². The van der Waals surface area contributed by atoms with Crippen LogP contribution in [0.1, 0.15) is 15.9 Å². The number of carboxylic acids is 1. The van der Waals surface area contributed by atoms with Gasteiger partial charge in [0, 0.05) is 24.2 Å². The molecule has 1 aromatic heterocycles. The number of pyridine rings is 1. The van der Waals surface area contributed by atoms with Crippen LogP contribution < -0.4 is 5.43 Å². The molecule has 4 nitrogen and oxygen atoms in total. The van der Waals surface area contributed by atoms with Gasteiger partial charge in [-0.2, -0.15) is 0 Å². The van der Waals surface area contributed by atoms with E-state index < -0.39 is 5.97 Å². The highest BCUT2D eigenvalue weighted by Crippen LogP contribution is 2.13. The van der Waals surface area contributed by atoms with Crippen LogP contribution in [0.2, 0.25) is 0 Å². The van der Waals surface area contributed by atoms with Crippen molar-refractivity contribution in [2.75, 3.05) is 0 Å². The molecule has 1 N–H and O–H groups in total. The van der Waals surface area contributed by atoms with E-state index in [9.17, 15) is 9.59 Å². The topological polar surface area (TPSA) is 59.3 Å². The highest BCUT2D eigenvalue weighted by molar-refractivity contribution is 5.87. The molecule has 0 aliphatic heterocycles. The fraction of sp³-hybridized carbons (Fsp3) is 0.0588. The van der Waals surface area contributed by atoms with Crippen LogP contribution in [-0.4, -0.2) is 15.6 Å². The summed E-state index contributed by atoms with van der Waals surface area (Å²) in [4.78, 5) is 22.9. The van der Waals surface area contributed by atoms with Gasteiger partial charge < -0.3 is 9.67 Å². The molecule has 0 radical (unpaired) electrons. The minimum absolute atomic E-state index is 0.0128. The van der Waals surface area contributed by atoms with Crippen molar-refractivity contribution in [3.8, 4) is 0 Å². The van der Waals surface area contributed by atoms with Crippen LogP contribution in [0, 0.1) is 0 Å². The zero-order valence-electron chi connectivity index (χ0n) is 11.2. The van der Waals surface area contributed by atoms with Crippen molar-refractivity contribution in [1.82, 2.24) is 4.57 Å². The van der Waals surface area contributed by atoms with Gasteiger partial charge in [-0.25, -0.2) is 4.79 Å². The minimum atomic E-state index is -0.943. The van der Waals surface area contributed by atoms with E-state index >= 15 is 0 Å². The van der Waals surface area contributed by atoms with Crippen molar-refractivity contribution in [2.45, 2.75) is 6.54 Å². The lowest BCUT2D eigenvalue weighted by atomic mass is 10.1. The molecular formula is C17H13NO3. The molecule has 0 aliphatic carbocycles. The van der Waals surface area contributed by atoms with Gasteiger partial charge in [0.05, 0.1) is 11.1 Å². The Balaban J connectivity index is 2.06. The SMILES string of the molecule is O=C(O)c1cccc(Cn2ccc(=O)c3ccccc32)c1. The maximum atomic E-state index is 11.8. The predicted octanol–water partition coefficient (Wildman–Crippen LogP) is 2.75. The van der Waals surface area contributed by atoms with E-state index in [1.165, 1.54) is 6.07 Å². The van der Waals surface area contributed by atoms with E-state index in [-0.39, 0.29) is 11.0 Å². The van der Waals surface area contributed by atoms with Gasteiger partial charge in [0.25, 0.3) is 0 Å². The molecule has 1 heterocycles. The summed E-state index contributed by atoms with van der Waals surface area (Å²) in [6, 6.07) is 15.7. The number of aromatic carboxylic acids is 1. The van der Waals surface area contributed by atoms with Gasteiger partial charge in [-0.3, -0.25) is 4.79 Å². The molecule has 0 fully saturated rings. The summed E-state index contributed by atoms with van der Waals surface area (Å²) in [5.41, 5.74) is 1.97. The van der Waals surface area contributed by atoms with Crippen LogP contribution in [0.25, 0.3) is 10.9 Å². The van der Waals surface area contributed by atoms with E-state index in [0.29, 0.717) is 11.9 Å². The van der Waals surface area contributed by atoms with Crippen molar-refractivity contribution in [3.63, 3.8) is 0 Å². The number of aromatic nitrogens is 1. The highest BCUT2D eigenvalue weighted by atomic mass is 16.4. The second kappa shape index (κ2) is 5.25. The van der Waals surface area contributed by atoms with Gasteiger partial charge in [-0.1, -0.05) is 24.3 Å². The van der Waals surface area contributed by atoms with E-state index in [4.69, 9.17) is 5.11 Å². The monoisotopic (exact) mass is 279 g/mol. The highest BCUT2D eigenvalue weighted by Gasteiger charge is 2.05. The zero-order valence-corrected chi connectivity index (χ0v) is 11.2. The number of hydrogen-bond acceptors (Lipinski definition) is 2. The minimum Gasteiger partial charge on any atom is -0.478 e. The van der Waals surface area contributed by atoms with E-state index in [0.717, 1.165) is 11.1 Å². The standard InChI is InChI=1S/C17H13NO3/c19-16-8-9-18(15-7-2-1-6-14(15)16)11-12-4-3-5-13(10-12)17(20)21/h1-10H,11H2,(H,20,21). The molecule has 0 saturated carbocycles. The molecule has 3 rings (SSSR count). The van der Waals surface area contributed by atoms with E-state index in [2.05, 4.69) is 0 Å². The summed E-state index contributed by atoms with van der Waals surface area (Å²) in [5, 5.41) is 9.70. The molecule has 3 aromatic rings. The molecule has 0 saturated heterocycles. The summed E-state index contributed by atoms with van der Waals surface area (Å²) >= 11 is 0. The Hall–Kier alpha value is -2.88. The Morgan fingerprint density at radius 1 is 1.05 bits per heavy atom. The summed E-state index contributed by atoms with van der Waals surface area (Å²) in [6.45, 7) is 0.516. The Morgan fingerprint density at radius 2 is 1.86 bits per heavy atom. The predicted molar refractivity (Wildman–Crippen MR) is 80.7 cm³/mol. The molecule has 0 atom stereocenters. The van der Waals surface area contributed by atoms with Gasteiger partial charge in [0.1, 0.15) is 0 Å². The lowest BCUT2D eigenvalue weighted by Crippen LogP contribution is -2.09. The number of fused-ring (bicyclic) bond motifs is 1. The normalized spacial score (nSPS) is 10.7. The van der Waals surface area contributed by atoms with Crippen molar-refractivity contribution >= 4 is 16.9 Å².